The number of carbonyl (C=O) groups is 1. The first kappa shape index (κ1) is 16.8. The fourth-order valence-electron chi connectivity index (χ4n) is 2.23. The largest absolute Gasteiger partial charge is 0.456 e. The van der Waals surface area contributed by atoms with Gasteiger partial charge in [0.05, 0.1) is 6.20 Å². The Labute approximate surface area is 150 Å². The molecule has 5 nitrogen and oxygen atoms in total. The number of nitrogen functional groups attached to an aromatic ring is 1. The lowest BCUT2D eigenvalue weighted by Gasteiger charge is -2.10. The van der Waals surface area contributed by atoms with Crippen LogP contribution in [0.25, 0.3) is 0 Å². The molecule has 0 aliphatic carbocycles. The molecule has 0 saturated carbocycles. The third-order valence-electron chi connectivity index (χ3n) is 3.40. The zero-order valence-electron chi connectivity index (χ0n) is 13.5. The minimum absolute atomic E-state index is 0.280. The Kier molecular flexibility index (Phi) is 4.86. The van der Waals surface area contributed by atoms with Crippen LogP contribution in [0.3, 0.4) is 0 Å². The van der Waals surface area contributed by atoms with Crippen LogP contribution in [-0.4, -0.2) is 10.9 Å². The third kappa shape index (κ3) is 4.49. The monoisotopic (exact) mass is 353 g/mol. The molecular formula is C19H16ClN3O2. The molecule has 1 amide bonds. The van der Waals surface area contributed by atoms with Crippen LogP contribution >= 0.6 is 11.6 Å². The van der Waals surface area contributed by atoms with E-state index < -0.39 is 0 Å². The van der Waals surface area contributed by atoms with Crippen molar-refractivity contribution in [3.05, 3.63) is 77.1 Å². The van der Waals surface area contributed by atoms with Crippen molar-refractivity contribution in [3.63, 3.8) is 0 Å². The average Bonchev–Trinajstić information content (AvgIpc) is 2.56. The van der Waals surface area contributed by atoms with Gasteiger partial charge in [0.2, 0.25) is 0 Å². The maximum absolute atomic E-state index is 12.3. The van der Waals surface area contributed by atoms with E-state index in [-0.39, 0.29) is 5.91 Å². The predicted molar refractivity (Wildman–Crippen MR) is 99.3 cm³/mol. The second-order valence-electron chi connectivity index (χ2n) is 5.49. The molecule has 1 aromatic heterocycles. The summed E-state index contributed by atoms with van der Waals surface area (Å²) in [7, 11) is 0. The smallest absolute Gasteiger partial charge is 0.255 e. The highest BCUT2D eigenvalue weighted by molar-refractivity contribution is 6.31. The topological polar surface area (TPSA) is 77.2 Å². The molecule has 0 radical (unpaired) electrons. The van der Waals surface area contributed by atoms with Crippen molar-refractivity contribution < 1.29 is 9.53 Å². The molecule has 0 unspecified atom stereocenters. The van der Waals surface area contributed by atoms with Gasteiger partial charge < -0.3 is 15.8 Å². The molecule has 3 rings (SSSR count). The lowest BCUT2D eigenvalue weighted by atomic mass is 10.2. The second-order valence-corrected chi connectivity index (χ2v) is 5.93. The van der Waals surface area contributed by atoms with Crippen LogP contribution in [0.2, 0.25) is 5.02 Å². The zero-order chi connectivity index (χ0) is 17.8. The number of hydrogen-bond acceptors (Lipinski definition) is 4. The number of nitrogens with zero attached hydrogens (tertiary/aromatic N) is 1. The van der Waals surface area contributed by atoms with E-state index in [1.165, 1.54) is 0 Å². The Morgan fingerprint density at radius 2 is 1.96 bits per heavy atom. The Bertz CT molecular complexity index is 911. The first-order valence-corrected chi connectivity index (χ1v) is 7.95. The quantitative estimate of drug-likeness (QED) is 0.668. The minimum atomic E-state index is -0.280. The summed E-state index contributed by atoms with van der Waals surface area (Å²) < 4.78 is 5.74. The van der Waals surface area contributed by atoms with E-state index in [9.17, 15) is 4.79 Å². The number of aromatic nitrogens is 1. The second kappa shape index (κ2) is 7.23. The minimum Gasteiger partial charge on any atom is -0.456 e. The number of aryl methyl sites for hydroxylation is 1. The predicted octanol–water partition coefficient (Wildman–Crippen LogP) is 4.67. The molecule has 25 heavy (non-hydrogen) atoms. The summed E-state index contributed by atoms with van der Waals surface area (Å²) in [6.07, 6.45) is 1.63. The molecule has 6 heteroatoms. The van der Waals surface area contributed by atoms with Gasteiger partial charge in [0.25, 0.3) is 5.91 Å². The van der Waals surface area contributed by atoms with Crippen molar-refractivity contribution >= 4 is 28.9 Å². The maximum Gasteiger partial charge on any atom is 0.255 e. The van der Waals surface area contributed by atoms with E-state index in [1.54, 1.807) is 48.7 Å². The highest BCUT2D eigenvalue weighted by Gasteiger charge is 2.09. The Hall–Kier alpha value is -3.05. The van der Waals surface area contributed by atoms with Crippen molar-refractivity contribution in [2.75, 3.05) is 11.1 Å². The fraction of sp³-hybridized carbons (Fsp3) is 0.0526. The summed E-state index contributed by atoms with van der Waals surface area (Å²) in [6, 6.07) is 15.4. The van der Waals surface area contributed by atoms with Gasteiger partial charge in [0.1, 0.15) is 11.5 Å². The van der Waals surface area contributed by atoms with Crippen molar-refractivity contribution in [3.8, 4) is 11.5 Å². The maximum atomic E-state index is 12.3. The Morgan fingerprint density at radius 1 is 1.12 bits per heavy atom. The van der Waals surface area contributed by atoms with E-state index in [4.69, 9.17) is 22.1 Å². The van der Waals surface area contributed by atoms with Crippen molar-refractivity contribution in [1.29, 1.82) is 0 Å². The molecule has 1 heterocycles. The number of nitrogens with one attached hydrogen (secondary N) is 1. The number of carbonyl (C=O) groups excluding carboxylic acids is 1. The third-order valence-corrected chi connectivity index (χ3v) is 3.62. The van der Waals surface area contributed by atoms with Gasteiger partial charge in [0, 0.05) is 33.7 Å². The Morgan fingerprint density at radius 3 is 2.68 bits per heavy atom. The summed E-state index contributed by atoms with van der Waals surface area (Å²) in [5.41, 5.74) is 8.11. The van der Waals surface area contributed by atoms with Crippen molar-refractivity contribution in [1.82, 2.24) is 4.98 Å². The van der Waals surface area contributed by atoms with Crippen LogP contribution in [-0.2, 0) is 0 Å². The number of rotatable bonds is 4. The van der Waals surface area contributed by atoms with Gasteiger partial charge in [-0.3, -0.25) is 9.78 Å². The van der Waals surface area contributed by atoms with Crippen LogP contribution in [0.15, 0.2) is 60.8 Å². The van der Waals surface area contributed by atoms with E-state index in [1.807, 2.05) is 19.1 Å². The molecule has 0 bridgehead atoms. The van der Waals surface area contributed by atoms with Gasteiger partial charge in [0.15, 0.2) is 0 Å². The summed E-state index contributed by atoms with van der Waals surface area (Å²) in [5.74, 6) is 0.805. The standard InChI is InChI=1S/C19H16ClN3O2/c1-12-5-6-17(11-22-12)25-18-9-14(20)8-16(10-18)23-19(24)13-3-2-4-15(21)7-13/h2-11H,21H2,1H3,(H,23,24). The molecule has 3 aromatic rings. The van der Waals surface area contributed by atoms with Crippen LogP contribution in [0.1, 0.15) is 16.1 Å². The van der Waals surface area contributed by atoms with Gasteiger partial charge in [-0.05, 0) is 49.4 Å². The number of nitrogens with two attached hydrogens (primary N) is 1. The van der Waals surface area contributed by atoms with Crippen molar-refractivity contribution in [2.24, 2.45) is 0 Å². The van der Waals surface area contributed by atoms with Gasteiger partial charge in [-0.1, -0.05) is 17.7 Å². The Balaban J connectivity index is 1.79. The highest BCUT2D eigenvalue weighted by Crippen LogP contribution is 2.28. The summed E-state index contributed by atoms with van der Waals surface area (Å²) in [4.78, 5) is 16.5. The lowest BCUT2D eigenvalue weighted by molar-refractivity contribution is 0.102. The van der Waals surface area contributed by atoms with Crippen LogP contribution in [0, 0.1) is 6.92 Å². The average molecular weight is 354 g/mol. The lowest BCUT2D eigenvalue weighted by Crippen LogP contribution is -2.12. The summed E-state index contributed by atoms with van der Waals surface area (Å²) in [5, 5.41) is 3.23. The molecule has 0 atom stereocenters. The first-order valence-electron chi connectivity index (χ1n) is 7.57. The number of anilines is 2. The molecule has 3 N–H and O–H groups in total. The van der Waals surface area contributed by atoms with Gasteiger partial charge >= 0.3 is 0 Å². The molecule has 0 spiro atoms. The van der Waals surface area contributed by atoms with E-state index in [0.717, 1.165) is 5.69 Å². The molecule has 0 saturated heterocycles. The molecule has 2 aromatic carbocycles. The SMILES string of the molecule is Cc1ccc(Oc2cc(Cl)cc(NC(=O)c3cccc(N)c3)c2)cn1. The van der Waals surface area contributed by atoms with Gasteiger partial charge in [-0.25, -0.2) is 0 Å². The van der Waals surface area contributed by atoms with Crippen LogP contribution in [0.4, 0.5) is 11.4 Å². The molecule has 0 aliphatic heterocycles. The number of benzene rings is 2. The molecular weight excluding hydrogens is 338 g/mol. The van der Waals surface area contributed by atoms with E-state index in [2.05, 4.69) is 10.3 Å². The summed E-state index contributed by atoms with van der Waals surface area (Å²) >= 11 is 6.13. The van der Waals surface area contributed by atoms with Gasteiger partial charge in [-0.15, -0.1) is 0 Å². The highest BCUT2D eigenvalue weighted by atomic mass is 35.5. The molecule has 0 aliphatic rings. The number of pyridine rings is 1. The van der Waals surface area contributed by atoms with Crippen LogP contribution < -0.4 is 15.8 Å². The van der Waals surface area contributed by atoms with E-state index in [0.29, 0.717) is 33.5 Å². The molecule has 0 fully saturated rings. The van der Waals surface area contributed by atoms with Gasteiger partial charge in [-0.2, -0.15) is 0 Å². The molecule has 126 valence electrons. The van der Waals surface area contributed by atoms with Crippen molar-refractivity contribution in [2.45, 2.75) is 6.92 Å². The zero-order valence-corrected chi connectivity index (χ0v) is 14.2. The number of halogens is 1. The first-order chi connectivity index (χ1) is 12.0. The fourth-order valence-corrected chi connectivity index (χ4v) is 2.45. The van der Waals surface area contributed by atoms with Crippen LogP contribution in [0.5, 0.6) is 11.5 Å². The number of hydrogen-bond donors (Lipinski definition) is 2. The number of ether oxygens (including phenoxy) is 1. The summed E-state index contributed by atoms with van der Waals surface area (Å²) in [6.45, 7) is 1.90. The normalized spacial score (nSPS) is 10.3. The number of amides is 1. The van der Waals surface area contributed by atoms with E-state index >= 15 is 0 Å².